The van der Waals surface area contributed by atoms with Gasteiger partial charge in [-0.15, -0.1) is 0 Å². The fourth-order valence-corrected chi connectivity index (χ4v) is 1.05. The molecule has 1 unspecified atom stereocenters. The summed E-state index contributed by atoms with van der Waals surface area (Å²) in [7, 11) is 0. The second-order valence-electron chi connectivity index (χ2n) is 4.82. The zero-order chi connectivity index (χ0) is 12.6. The highest BCUT2D eigenvalue weighted by molar-refractivity contribution is 5.67. The van der Waals surface area contributed by atoms with Crippen LogP contribution >= 0.6 is 0 Å². The van der Waals surface area contributed by atoms with Crippen LogP contribution in [0.1, 0.15) is 34.1 Å². The van der Waals surface area contributed by atoms with Gasteiger partial charge in [0.05, 0.1) is 0 Å². The lowest BCUT2D eigenvalue weighted by atomic mass is 10.2. The van der Waals surface area contributed by atoms with E-state index in [-0.39, 0.29) is 12.6 Å². The molecule has 0 rings (SSSR count). The van der Waals surface area contributed by atoms with Crippen molar-refractivity contribution in [1.82, 2.24) is 10.6 Å². The largest absolute Gasteiger partial charge is 0.444 e. The lowest BCUT2D eigenvalue weighted by Crippen LogP contribution is -2.41. The van der Waals surface area contributed by atoms with Gasteiger partial charge >= 0.3 is 6.09 Å². The van der Waals surface area contributed by atoms with E-state index in [1.54, 1.807) is 0 Å². The third-order valence-corrected chi connectivity index (χ3v) is 1.78. The molecule has 0 radical (unpaired) electrons. The molecule has 0 aromatic heterocycles. The molecule has 0 aliphatic rings. The molecule has 1 amide bonds. The molecule has 0 saturated heterocycles. The predicted molar refractivity (Wildman–Crippen MR) is 63.4 cm³/mol. The Morgan fingerprint density at radius 1 is 1.44 bits per heavy atom. The van der Waals surface area contributed by atoms with Crippen LogP contribution in [0.25, 0.3) is 0 Å². The standard InChI is InChI=1S/C11H24N2O3/c1-9(12-6-5-7-14)8-13-10(15)16-11(2,3)4/h9,12,14H,5-8H2,1-4H3,(H,13,15). The maximum atomic E-state index is 11.3. The molecule has 0 saturated carbocycles. The molecule has 3 N–H and O–H groups in total. The molecule has 5 heteroatoms. The van der Waals surface area contributed by atoms with E-state index in [9.17, 15) is 4.79 Å². The van der Waals surface area contributed by atoms with E-state index < -0.39 is 11.7 Å². The summed E-state index contributed by atoms with van der Waals surface area (Å²) in [5.41, 5.74) is -0.461. The van der Waals surface area contributed by atoms with E-state index >= 15 is 0 Å². The summed E-state index contributed by atoms with van der Waals surface area (Å²) in [5.74, 6) is 0. The molecule has 0 spiro atoms. The minimum atomic E-state index is -0.461. The molecule has 0 fully saturated rings. The third-order valence-electron chi connectivity index (χ3n) is 1.78. The molecule has 1 atom stereocenters. The van der Waals surface area contributed by atoms with Gasteiger partial charge < -0.3 is 20.5 Å². The van der Waals surface area contributed by atoms with Gasteiger partial charge in [0.2, 0.25) is 0 Å². The van der Waals surface area contributed by atoms with Gasteiger partial charge in [-0.25, -0.2) is 4.79 Å². The van der Waals surface area contributed by atoms with Crippen molar-refractivity contribution in [3.8, 4) is 0 Å². The number of rotatable bonds is 6. The molecule has 16 heavy (non-hydrogen) atoms. The molecule has 0 aromatic rings. The van der Waals surface area contributed by atoms with Crippen molar-refractivity contribution >= 4 is 6.09 Å². The SMILES string of the molecule is CC(CNC(=O)OC(C)(C)C)NCCCO. The Balaban J connectivity index is 3.59. The number of amides is 1. The third kappa shape index (κ3) is 9.73. The number of hydrogen-bond acceptors (Lipinski definition) is 4. The Morgan fingerprint density at radius 2 is 2.06 bits per heavy atom. The van der Waals surface area contributed by atoms with Gasteiger partial charge in [-0.2, -0.15) is 0 Å². The number of hydrogen-bond donors (Lipinski definition) is 3. The van der Waals surface area contributed by atoms with Gasteiger partial charge in [0.25, 0.3) is 0 Å². The van der Waals surface area contributed by atoms with Crippen LogP contribution in [0.5, 0.6) is 0 Å². The number of aliphatic hydroxyl groups excluding tert-OH is 1. The van der Waals surface area contributed by atoms with Crippen LogP contribution in [0, 0.1) is 0 Å². The summed E-state index contributed by atoms with van der Waals surface area (Å²) in [6, 6.07) is 0.166. The van der Waals surface area contributed by atoms with Gasteiger partial charge in [0, 0.05) is 19.2 Å². The number of carbonyl (C=O) groups is 1. The first kappa shape index (κ1) is 15.2. The molecule has 0 aromatic carbocycles. The van der Waals surface area contributed by atoms with Crippen molar-refractivity contribution in [2.75, 3.05) is 19.7 Å². The lowest BCUT2D eigenvalue weighted by Gasteiger charge is -2.21. The zero-order valence-corrected chi connectivity index (χ0v) is 10.7. The van der Waals surface area contributed by atoms with E-state index in [2.05, 4.69) is 10.6 Å². The van der Waals surface area contributed by atoms with Crippen LogP contribution in [0.15, 0.2) is 0 Å². The fourth-order valence-electron chi connectivity index (χ4n) is 1.05. The summed E-state index contributed by atoms with van der Waals surface area (Å²) in [5, 5.41) is 14.4. The molecule has 0 aliphatic heterocycles. The van der Waals surface area contributed by atoms with Crippen LogP contribution < -0.4 is 10.6 Å². The maximum absolute atomic E-state index is 11.3. The first-order chi connectivity index (χ1) is 7.35. The number of carbonyl (C=O) groups excluding carboxylic acids is 1. The molecule has 0 aliphatic carbocycles. The van der Waals surface area contributed by atoms with Gasteiger partial charge in [-0.05, 0) is 40.7 Å². The van der Waals surface area contributed by atoms with E-state index in [1.165, 1.54) is 0 Å². The van der Waals surface area contributed by atoms with Crippen molar-refractivity contribution in [2.45, 2.75) is 45.8 Å². The topological polar surface area (TPSA) is 70.6 Å². The number of nitrogens with one attached hydrogen (secondary N) is 2. The molecular weight excluding hydrogens is 208 g/mol. The van der Waals surface area contributed by atoms with Crippen molar-refractivity contribution in [1.29, 1.82) is 0 Å². The van der Waals surface area contributed by atoms with Crippen molar-refractivity contribution < 1.29 is 14.6 Å². The first-order valence-electron chi connectivity index (χ1n) is 5.66. The zero-order valence-electron chi connectivity index (χ0n) is 10.7. The van der Waals surface area contributed by atoms with Crippen molar-refractivity contribution in [2.24, 2.45) is 0 Å². The smallest absolute Gasteiger partial charge is 0.407 e. The Morgan fingerprint density at radius 3 is 2.56 bits per heavy atom. The molecular formula is C11H24N2O3. The monoisotopic (exact) mass is 232 g/mol. The fraction of sp³-hybridized carbons (Fsp3) is 0.909. The van der Waals surface area contributed by atoms with Gasteiger partial charge in [-0.3, -0.25) is 0 Å². The van der Waals surface area contributed by atoms with Crippen LogP contribution in [0.3, 0.4) is 0 Å². The Kier molecular flexibility index (Phi) is 7.08. The van der Waals surface area contributed by atoms with E-state index in [0.29, 0.717) is 6.54 Å². The summed E-state index contributed by atoms with van der Waals surface area (Å²) >= 11 is 0. The molecule has 0 bridgehead atoms. The minimum Gasteiger partial charge on any atom is -0.444 e. The highest BCUT2D eigenvalue weighted by Crippen LogP contribution is 2.06. The summed E-state index contributed by atoms with van der Waals surface area (Å²) in [6.45, 7) is 8.89. The quantitative estimate of drug-likeness (QED) is 0.594. The second kappa shape index (κ2) is 7.46. The molecule has 96 valence electrons. The number of ether oxygens (including phenoxy) is 1. The Labute approximate surface area is 97.6 Å². The average molecular weight is 232 g/mol. The van der Waals surface area contributed by atoms with Crippen LogP contribution in [0.2, 0.25) is 0 Å². The Hall–Kier alpha value is -0.810. The summed E-state index contributed by atoms with van der Waals surface area (Å²) in [6.07, 6.45) is 0.319. The highest BCUT2D eigenvalue weighted by Gasteiger charge is 2.16. The normalized spacial score (nSPS) is 13.3. The van der Waals surface area contributed by atoms with Gasteiger partial charge in [-0.1, -0.05) is 0 Å². The minimum absolute atomic E-state index is 0.166. The Bertz CT molecular complexity index is 202. The highest BCUT2D eigenvalue weighted by atomic mass is 16.6. The van der Waals surface area contributed by atoms with Crippen molar-refractivity contribution in [3.05, 3.63) is 0 Å². The summed E-state index contributed by atoms with van der Waals surface area (Å²) in [4.78, 5) is 11.3. The van der Waals surface area contributed by atoms with E-state index in [0.717, 1.165) is 13.0 Å². The average Bonchev–Trinajstić information content (AvgIpc) is 2.12. The number of aliphatic hydroxyl groups is 1. The molecule has 5 nitrogen and oxygen atoms in total. The molecule has 0 heterocycles. The van der Waals surface area contributed by atoms with Gasteiger partial charge in [0.1, 0.15) is 5.60 Å². The first-order valence-corrected chi connectivity index (χ1v) is 5.66. The van der Waals surface area contributed by atoms with Crippen molar-refractivity contribution in [3.63, 3.8) is 0 Å². The number of alkyl carbamates (subject to hydrolysis) is 1. The van der Waals surface area contributed by atoms with E-state index in [4.69, 9.17) is 9.84 Å². The second-order valence-corrected chi connectivity index (χ2v) is 4.82. The summed E-state index contributed by atoms with van der Waals surface area (Å²) < 4.78 is 5.10. The van der Waals surface area contributed by atoms with Crippen LogP contribution in [-0.4, -0.2) is 42.5 Å². The lowest BCUT2D eigenvalue weighted by molar-refractivity contribution is 0.0523. The van der Waals surface area contributed by atoms with Crippen LogP contribution in [0.4, 0.5) is 4.79 Å². The van der Waals surface area contributed by atoms with Gasteiger partial charge in [0.15, 0.2) is 0 Å². The van der Waals surface area contributed by atoms with Crippen LogP contribution in [-0.2, 0) is 4.74 Å². The van der Waals surface area contributed by atoms with E-state index in [1.807, 2.05) is 27.7 Å². The maximum Gasteiger partial charge on any atom is 0.407 e. The predicted octanol–water partition coefficient (Wildman–Crippen LogP) is 0.872.